The number of phenolic OH excluding ortho intramolecular Hbond substituents is 1. The van der Waals surface area contributed by atoms with E-state index in [4.69, 9.17) is 4.74 Å². The summed E-state index contributed by atoms with van der Waals surface area (Å²) in [6.07, 6.45) is -0.610. The fourth-order valence-corrected chi connectivity index (χ4v) is 1.91. The number of hydrogen-bond acceptors (Lipinski definition) is 4. The molecule has 2 rings (SSSR count). The smallest absolute Gasteiger partial charge is 0.347 e. The molecule has 0 amide bonds. The van der Waals surface area contributed by atoms with E-state index in [-0.39, 0.29) is 17.6 Å². The lowest BCUT2D eigenvalue weighted by Crippen LogP contribution is -2.28. The molecule has 2 atom stereocenters. The topological polar surface area (TPSA) is 55.8 Å². The molecule has 0 aliphatic carbocycles. The first kappa shape index (κ1) is 10.8. The van der Waals surface area contributed by atoms with Crippen molar-refractivity contribution in [3.8, 4) is 11.5 Å². The Kier molecular flexibility index (Phi) is 2.50. The molecule has 0 aromatic heterocycles. The Hall–Kier alpha value is -1.71. The van der Waals surface area contributed by atoms with Gasteiger partial charge in [-0.15, -0.1) is 0 Å². The number of carbonyl (C=O) groups is 1. The predicted octanol–water partition coefficient (Wildman–Crippen LogP) is 1.74. The van der Waals surface area contributed by atoms with E-state index in [1.807, 2.05) is 6.92 Å². The van der Waals surface area contributed by atoms with Gasteiger partial charge in [0, 0.05) is 11.5 Å². The van der Waals surface area contributed by atoms with Crippen molar-refractivity contribution in [1.29, 1.82) is 0 Å². The van der Waals surface area contributed by atoms with Crippen LogP contribution in [0.2, 0.25) is 0 Å². The molecule has 1 aliphatic heterocycles. The van der Waals surface area contributed by atoms with Gasteiger partial charge in [0.1, 0.15) is 11.5 Å². The molecule has 0 bridgehead atoms. The number of ether oxygens (including phenoxy) is 2. The molecule has 1 aliphatic rings. The summed E-state index contributed by atoms with van der Waals surface area (Å²) in [6, 6.07) is 3.39. The van der Waals surface area contributed by atoms with Gasteiger partial charge in [-0.1, -0.05) is 6.92 Å². The summed E-state index contributed by atoms with van der Waals surface area (Å²) in [7, 11) is 1.34. The van der Waals surface area contributed by atoms with Gasteiger partial charge in [-0.2, -0.15) is 0 Å². The molecule has 86 valence electrons. The quantitative estimate of drug-likeness (QED) is 0.735. The van der Waals surface area contributed by atoms with Crippen LogP contribution < -0.4 is 4.74 Å². The molecule has 0 saturated heterocycles. The van der Waals surface area contributed by atoms with E-state index < -0.39 is 6.10 Å². The summed E-state index contributed by atoms with van der Waals surface area (Å²) in [5.41, 5.74) is 1.58. The van der Waals surface area contributed by atoms with Crippen LogP contribution >= 0.6 is 0 Å². The molecular formula is C12H14O4. The van der Waals surface area contributed by atoms with Gasteiger partial charge in [-0.05, 0) is 24.6 Å². The van der Waals surface area contributed by atoms with Crippen molar-refractivity contribution >= 4 is 5.97 Å². The number of fused-ring (bicyclic) bond motifs is 1. The zero-order valence-electron chi connectivity index (χ0n) is 9.48. The number of phenols is 1. The molecule has 2 unspecified atom stereocenters. The Bertz CT molecular complexity index is 439. The molecule has 1 aromatic carbocycles. The van der Waals surface area contributed by atoms with Crippen molar-refractivity contribution in [2.45, 2.75) is 25.9 Å². The van der Waals surface area contributed by atoms with Gasteiger partial charge in [-0.25, -0.2) is 4.79 Å². The maximum atomic E-state index is 11.5. The second-order valence-electron chi connectivity index (χ2n) is 4.03. The van der Waals surface area contributed by atoms with Gasteiger partial charge >= 0.3 is 5.97 Å². The third-order valence-corrected chi connectivity index (χ3v) is 2.96. The van der Waals surface area contributed by atoms with Crippen LogP contribution in [0.3, 0.4) is 0 Å². The molecule has 0 saturated carbocycles. The lowest BCUT2D eigenvalue weighted by Gasteiger charge is -2.11. The van der Waals surface area contributed by atoms with E-state index in [9.17, 15) is 9.90 Å². The Morgan fingerprint density at radius 3 is 2.81 bits per heavy atom. The highest BCUT2D eigenvalue weighted by Crippen LogP contribution is 2.41. The highest BCUT2D eigenvalue weighted by Gasteiger charge is 2.37. The number of aryl methyl sites for hydroxylation is 1. The third kappa shape index (κ3) is 1.50. The zero-order chi connectivity index (χ0) is 11.9. The Balaban J connectivity index is 2.38. The van der Waals surface area contributed by atoms with Crippen LogP contribution in [-0.4, -0.2) is 24.3 Å². The summed E-state index contributed by atoms with van der Waals surface area (Å²) in [5.74, 6) is 0.382. The lowest BCUT2D eigenvalue weighted by atomic mass is 9.96. The first-order chi connectivity index (χ1) is 7.54. The van der Waals surface area contributed by atoms with Gasteiger partial charge in [0.2, 0.25) is 6.10 Å². The summed E-state index contributed by atoms with van der Waals surface area (Å²) in [6.45, 7) is 3.66. The van der Waals surface area contributed by atoms with Crippen molar-refractivity contribution < 1.29 is 19.4 Å². The molecule has 1 aromatic rings. The van der Waals surface area contributed by atoms with Crippen molar-refractivity contribution in [2.24, 2.45) is 0 Å². The number of carbonyl (C=O) groups excluding carboxylic acids is 1. The highest BCUT2D eigenvalue weighted by molar-refractivity contribution is 5.78. The largest absolute Gasteiger partial charge is 0.508 e. The van der Waals surface area contributed by atoms with Crippen molar-refractivity contribution in [3.63, 3.8) is 0 Å². The Labute approximate surface area is 93.8 Å². The Morgan fingerprint density at radius 2 is 2.19 bits per heavy atom. The van der Waals surface area contributed by atoms with Crippen molar-refractivity contribution in [1.82, 2.24) is 0 Å². The fraction of sp³-hybridized carbons (Fsp3) is 0.417. The van der Waals surface area contributed by atoms with E-state index in [0.717, 1.165) is 11.1 Å². The maximum Gasteiger partial charge on any atom is 0.347 e. The minimum atomic E-state index is -0.610. The van der Waals surface area contributed by atoms with Crippen molar-refractivity contribution in [3.05, 3.63) is 23.3 Å². The van der Waals surface area contributed by atoms with E-state index in [1.54, 1.807) is 19.1 Å². The molecule has 1 heterocycles. The normalized spacial score (nSPS) is 22.4. The van der Waals surface area contributed by atoms with E-state index in [0.29, 0.717) is 5.75 Å². The molecule has 4 heteroatoms. The molecule has 1 N–H and O–H groups in total. The molecule has 0 spiro atoms. The second-order valence-corrected chi connectivity index (χ2v) is 4.03. The monoisotopic (exact) mass is 222 g/mol. The average molecular weight is 222 g/mol. The number of benzene rings is 1. The number of rotatable bonds is 1. The van der Waals surface area contributed by atoms with Crippen LogP contribution in [0.5, 0.6) is 11.5 Å². The van der Waals surface area contributed by atoms with Crippen LogP contribution in [0, 0.1) is 6.92 Å². The minimum absolute atomic E-state index is 0.103. The average Bonchev–Trinajstić information content (AvgIpc) is 2.56. The molecular weight excluding hydrogens is 208 g/mol. The number of esters is 1. The maximum absolute atomic E-state index is 11.5. The fourth-order valence-electron chi connectivity index (χ4n) is 1.91. The zero-order valence-corrected chi connectivity index (χ0v) is 9.48. The minimum Gasteiger partial charge on any atom is -0.508 e. The highest BCUT2D eigenvalue weighted by atomic mass is 16.6. The predicted molar refractivity (Wildman–Crippen MR) is 57.7 cm³/mol. The lowest BCUT2D eigenvalue weighted by molar-refractivity contribution is -0.148. The van der Waals surface area contributed by atoms with Crippen LogP contribution in [0.25, 0.3) is 0 Å². The summed E-state index contributed by atoms with van der Waals surface area (Å²) in [4.78, 5) is 11.5. The molecule has 4 nitrogen and oxygen atoms in total. The van der Waals surface area contributed by atoms with Crippen LogP contribution in [0.4, 0.5) is 0 Å². The molecule has 0 fully saturated rings. The van der Waals surface area contributed by atoms with Gasteiger partial charge in [0.15, 0.2) is 0 Å². The number of methoxy groups -OCH3 is 1. The number of aromatic hydroxyl groups is 1. The molecule has 16 heavy (non-hydrogen) atoms. The van der Waals surface area contributed by atoms with Gasteiger partial charge in [0.25, 0.3) is 0 Å². The Morgan fingerprint density at radius 1 is 1.50 bits per heavy atom. The van der Waals surface area contributed by atoms with Gasteiger partial charge < -0.3 is 14.6 Å². The summed E-state index contributed by atoms with van der Waals surface area (Å²) in [5, 5.41) is 9.61. The van der Waals surface area contributed by atoms with Crippen LogP contribution in [-0.2, 0) is 9.53 Å². The van der Waals surface area contributed by atoms with Crippen LogP contribution in [0.1, 0.15) is 24.0 Å². The SMILES string of the molecule is COC(=O)C1Oc2cc(C)c(O)cc2C1C. The van der Waals surface area contributed by atoms with E-state index in [2.05, 4.69) is 4.74 Å². The van der Waals surface area contributed by atoms with Gasteiger partial charge in [-0.3, -0.25) is 0 Å². The summed E-state index contributed by atoms with van der Waals surface area (Å²) >= 11 is 0. The first-order valence-electron chi connectivity index (χ1n) is 5.12. The third-order valence-electron chi connectivity index (χ3n) is 2.96. The second kappa shape index (κ2) is 3.70. The molecule has 0 radical (unpaired) electrons. The number of hydrogen-bond donors (Lipinski definition) is 1. The van der Waals surface area contributed by atoms with E-state index in [1.165, 1.54) is 7.11 Å². The summed E-state index contributed by atoms with van der Waals surface area (Å²) < 4.78 is 10.2. The van der Waals surface area contributed by atoms with Crippen molar-refractivity contribution in [2.75, 3.05) is 7.11 Å². The standard InChI is InChI=1S/C12H14O4/c1-6-4-10-8(5-9(6)13)7(2)11(16-10)12(14)15-3/h4-5,7,11,13H,1-3H3. The van der Waals surface area contributed by atoms with E-state index >= 15 is 0 Å². The first-order valence-corrected chi connectivity index (χ1v) is 5.12. The van der Waals surface area contributed by atoms with Gasteiger partial charge in [0.05, 0.1) is 7.11 Å². The van der Waals surface area contributed by atoms with Crippen LogP contribution in [0.15, 0.2) is 12.1 Å².